The second-order valence-corrected chi connectivity index (χ2v) is 6.94. The lowest BCUT2D eigenvalue weighted by atomic mass is 10.1. The molecular weight excluding hydrogens is 343 g/mol. The fraction of sp³-hybridized carbons (Fsp3) is 0.467. The Hall–Kier alpha value is -0.910. The Kier molecular flexibility index (Phi) is 6.41. The van der Waals surface area contributed by atoms with Crippen LogP contribution in [0.15, 0.2) is 18.2 Å². The average molecular weight is 361 g/mol. The molecule has 1 aromatic carbocycles. The van der Waals surface area contributed by atoms with E-state index in [1.54, 1.807) is 28.8 Å². The highest BCUT2D eigenvalue weighted by Crippen LogP contribution is 2.21. The van der Waals surface area contributed by atoms with Gasteiger partial charge < -0.3 is 10.2 Å². The third-order valence-corrected chi connectivity index (χ3v) is 4.75. The standard InChI is InChI=1S/C15H18Cl2N2O2S/c1-22-8-5-13(15(21)19-6-2-7-19)18-14(20)11-4-3-10(16)9-12(11)17/h3-4,9,13H,2,5-8H2,1H3,(H,18,20). The van der Waals surface area contributed by atoms with Crippen LogP contribution in [0.1, 0.15) is 23.2 Å². The van der Waals surface area contributed by atoms with Crippen molar-refractivity contribution in [1.29, 1.82) is 0 Å². The summed E-state index contributed by atoms with van der Waals surface area (Å²) in [6.45, 7) is 1.54. The van der Waals surface area contributed by atoms with Gasteiger partial charge in [0.25, 0.3) is 5.91 Å². The Bertz CT molecular complexity index is 564. The van der Waals surface area contributed by atoms with Crippen LogP contribution in [0.25, 0.3) is 0 Å². The van der Waals surface area contributed by atoms with Gasteiger partial charge in [0, 0.05) is 18.1 Å². The Labute approximate surface area is 144 Å². The van der Waals surface area contributed by atoms with E-state index in [4.69, 9.17) is 23.2 Å². The van der Waals surface area contributed by atoms with Crippen molar-refractivity contribution < 1.29 is 9.59 Å². The molecule has 22 heavy (non-hydrogen) atoms. The van der Waals surface area contributed by atoms with E-state index in [9.17, 15) is 9.59 Å². The van der Waals surface area contributed by atoms with Crippen molar-refractivity contribution in [3.63, 3.8) is 0 Å². The van der Waals surface area contributed by atoms with Gasteiger partial charge in [0.05, 0.1) is 10.6 Å². The summed E-state index contributed by atoms with van der Waals surface area (Å²) in [5.74, 6) is 0.444. The number of halogens is 2. The van der Waals surface area contributed by atoms with Crippen molar-refractivity contribution in [2.45, 2.75) is 18.9 Å². The summed E-state index contributed by atoms with van der Waals surface area (Å²) in [5, 5.41) is 3.56. The lowest BCUT2D eigenvalue weighted by molar-refractivity contribution is -0.136. The molecule has 1 aliphatic heterocycles. The van der Waals surface area contributed by atoms with Crippen LogP contribution >= 0.6 is 35.0 Å². The van der Waals surface area contributed by atoms with Gasteiger partial charge in [0.2, 0.25) is 5.91 Å². The topological polar surface area (TPSA) is 49.4 Å². The molecule has 0 spiro atoms. The summed E-state index contributed by atoms with van der Waals surface area (Å²) in [7, 11) is 0. The lowest BCUT2D eigenvalue weighted by Crippen LogP contribution is -2.53. The van der Waals surface area contributed by atoms with E-state index in [1.807, 2.05) is 6.26 Å². The molecule has 0 radical (unpaired) electrons. The minimum atomic E-state index is -0.507. The molecule has 0 aliphatic carbocycles. The molecule has 0 bridgehead atoms. The van der Waals surface area contributed by atoms with E-state index in [0.717, 1.165) is 25.3 Å². The van der Waals surface area contributed by atoms with Crippen LogP contribution in [0.5, 0.6) is 0 Å². The van der Waals surface area contributed by atoms with E-state index in [1.165, 1.54) is 6.07 Å². The van der Waals surface area contributed by atoms with Crippen molar-refractivity contribution in [2.75, 3.05) is 25.1 Å². The van der Waals surface area contributed by atoms with Gasteiger partial charge in [-0.25, -0.2) is 0 Å². The van der Waals surface area contributed by atoms with Crippen molar-refractivity contribution in [3.05, 3.63) is 33.8 Å². The maximum atomic E-state index is 12.4. The van der Waals surface area contributed by atoms with Gasteiger partial charge >= 0.3 is 0 Å². The van der Waals surface area contributed by atoms with Crippen molar-refractivity contribution in [2.24, 2.45) is 0 Å². The number of thioether (sulfide) groups is 1. The molecular formula is C15H18Cl2N2O2S. The quantitative estimate of drug-likeness (QED) is 0.847. The SMILES string of the molecule is CSCCC(NC(=O)c1ccc(Cl)cc1Cl)C(=O)N1CCC1. The second kappa shape index (κ2) is 8.09. The molecule has 1 aliphatic rings. The largest absolute Gasteiger partial charge is 0.341 e. The highest BCUT2D eigenvalue weighted by Gasteiger charge is 2.29. The van der Waals surface area contributed by atoms with Gasteiger partial charge in [0.15, 0.2) is 0 Å². The molecule has 1 heterocycles. The summed E-state index contributed by atoms with van der Waals surface area (Å²) in [6, 6.07) is 4.19. The number of hydrogen-bond acceptors (Lipinski definition) is 3. The first-order valence-electron chi connectivity index (χ1n) is 7.06. The number of likely N-dealkylation sites (tertiary alicyclic amines) is 1. The highest BCUT2D eigenvalue weighted by atomic mass is 35.5. The fourth-order valence-corrected chi connectivity index (χ4v) is 3.13. The summed E-state index contributed by atoms with van der Waals surface area (Å²) >= 11 is 13.5. The summed E-state index contributed by atoms with van der Waals surface area (Å²) in [4.78, 5) is 26.5. The van der Waals surface area contributed by atoms with Crippen LogP contribution in [0.4, 0.5) is 0 Å². The Morgan fingerprint density at radius 2 is 2.09 bits per heavy atom. The fourth-order valence-electron chi connectivity index (χ4n) is 2.16. The van der Waals surface area contributed by atoms with Gasteiger partial charge in [-0.05, 0) is 43.0 Å². The smallest absolute Gasteiger partial charge is 0.253 e. The molecule has 1 N–H and O–H groups in total. The van der Waals surface area contributed by atoms with E-state index < -0.39 is 6.04 Å². The summed E-state index contributed by atoms with van der Waals surface area (Å²) in [5.41, 5.74) is 0.330. The van der Waals surface area contributed by atoms with Crippen LogP contribution in [-0.4, -0.2) is 47.9 Å². The summed E-state index contributed by atoms with van der Waals surface area (Å²) < 4.78 is 0. The molecule has 7 heteroatoms. The number of amides is 2. The first kappa shape index (κ1) is 17.4. The number of hydrogen-bond donors (Lipinski definition) is 1. The zero-order valence-corrected chi connectivity index (χ0v) is 14.6. The predicted octanol–water partition coefficient (Wildman–Crippen LogP) is 3.08. The maximum absolute atomic E-state index is 12.4. The lowest BCUT2D eigenvalue weighted by Gasteiger charge is -2.34. The number of nitrogens with zero attached hydrogens (tertiary/aromatic N) is 1. The number of carbonyl (C=O) groups excluding carboxylic acids is 2. The van der Waals surface area contributed by atoms with Crippen LogP contribution in [-0.2, 0) is 4.79 Å². The first-order valence-corrected chi connectivity index (χ1v) is 9.21. The normalized spacial score (nSPS) is 15.1. The highest BCUT2D eigenvalue weighted by molar-refractivity contribution is 7.98. The minimum absolute atomic E-state index is 0.0151. The van der Waals surface area contributed by atoms with Crippen LogP contribution in [0.3, 0.4) is 0 Å². The molecule has 1 atom stereocenters. The molecule has 1 fully saturated rings. The summed E-state index contributed by atoms with van der Waals surface area (Å²) in [6.07, 6.45) is 3.61. The molecule has 1 aromatic rings. The Balaban J connectivity index is 2.07. The predicted molar refractivity (Wildman–Crippen MR) is 91.9 cm³/mol. The van der Waals surface area contributed by atoms with E-state index in [-0.39, 0.29) is 16.8 Å². The van der Waals surface area contributed by atoms with E-state index in [0.29, 0.717) is 17.0 Å². The Morgan fingerprint density at radius 3 is 2.64 bits per heavy atom. The monoisotopic (exact) mass is 360 g/mol. The van der Waals surface area contributed by atoms with Crippen molar-refractivity contribution in [3.8, 4) is 0 Å². The van der Waals surface area contributed by atoms with E-state index >= 15 is 0 Å². The molecule has 1 saturated heterocycles. The van der Waals surface area contributed by atoms with Gasteiger partial charge in [0.1, 0.15) is 6.04 Å². The number of nitrogens with one attached hydrogen (secondary N) is 1. The molecule has 2 rings (SSSR count). The second-order valence-electron chi connectivity index (χ2n) is 5.11. The van der Waals surface area contributed by atoms with Crippen LogP contribution in [0, 0.1) is 0 Å². The zero-order chi connectivity index (χ0) is 16.1. The molecule has 0 aromatic heterocycles. The number of benzene rings is 1. The number of carbonyl (C=O) groups is 2. The first-order chi connectivity index (χ1) is 10.5. The number of rotatable bonds is 6. The minimum Gasteiger partial charge on any atom is -0.341 e. The zero-order valence-electron chi connectivity index (χ0n) is 12.3. The van der Waals surface area contributed by atoms with Crippen molar-refractivity contribution in [1.82, 2.24) is 10.2 Å². The molecule has 120 valence electrons. The van der Waals surface area contributed by atoms with Gasteiger partial charge in [-0.1, -0.05) is 23.2 Å². The molecule has 2 amide bonds. The van der Waals surface area contributed by atoms with Crippen LogP contribution in [0.2, 0.25) is 10.0 Å². The average Bonchev–Trinajstić information content (AvgIpc) is 2.41. The third-order valence-electron chi connectivity index (χ3n) is 3.56. The maximum Gasteiger partial charge on any atom is 0.253 e. The van der Waals surface area contributed by atoms with E-state index in [2.05, 4.69) is 5.32 Å². The van der Waals surface area contributed by atoms with Gasteiger partial charge in [-0.15, -0.1) is 0 Å². The molecule has 0 saturated carbocycles. The van der Waals surface area contributed by atoms with Gasteiger partial charge in [-0.2, -0.15) is 11.8 Å². The molecule has 1 unspecified atom stereocenters. The van der Waals surface area contributed by atoms with Crippen LogP contribution < -0.4 is 5.32 Å². The van der Waals surface area contributed by atoms with Gasteiger partial charge in [-0.3, -0.25) is 9.59 Å². The molecule has 4 nitrogen and oxygen atoms in total. The Morgan fingerprint density at radius 1 is 1.36 bits per heavy atom. The van der Waals surface area contributed by atoms with Crippen molar-refractivity contribution >= 4 is 46.8 Å². The third kappa shape index (κ3) is 4.31.